The monoisotopic (exact) mass is 384 g/mol. The number of methoxy groups -OCH3 is 1. The fourth-order valence-electron chi connectivity index (χ4n) is 3.06. The minimum atomic E-state index is -0.559. The van der Waals surface area contributed by atoms with E-state index in [1.807, 2.05) is 26.8 Å². The maximum Gasteiger partial charge on any atom is 0.311 e. The molecule has 0 aliphatic carbocycles. The van der Waals surface area contributed by atoms with Gasteiger partial charge in [0.25, 0.3) is 5.69 Å². The summed E-state index contributed by atoms with van der Waals surface area (Å²) >= 11 is 0. The summed E-state index contributed by atoms with van der Waals surface area (Å²) in [7, 11) is 1.40. The standard InChI is InChI=1S/C19H20N4O5/c1-11-9-18-20-12(2)15(13(3)22(18)21-11)6-8-19(24)28-17-10-14(23(25)26)5-7-16(17)27-4/h5,7,9-10H,6,8H2,1-4H3. The zero-order chi connectivity index (χ0) is 20.4. The molecule has 0 spiro atoms. The molecule has 9 nitrogen and oxygen atoms in total. The lowest BCUT2D eigenvalue weighted by Crippen LogP contribution is -2.12. The van der Waals surface area contributed by atoms with E-state index in [2.05, 4.69) is 10.1 Å². The van der Waals surface area contributed by atoms with Gasteiger partial charge >= 0.3 is 5.97 Å². The summed E-state index contributed by atoms with van der Waals surface area (Å²) in [6, 6.07) is 5.75. The van der Waals surface area contributed by atoms with E-state index in [0.717, 1.165) is 28.3 Å². The van der Waals surface area contributed by atoms with E-state index in [1.165, 1.54) is 25.3 Å². The summed E-state index contributed by atoms with van der Waals surface area (Å²) in [5, 5.41) is 15.4. The molecule has 0 bridgehead atoms. The van der Waals surface area contributed by atoms with Gasteiger partial charge in [-0.15, -0.1) is 0 Å². The predicted octanol–water partition coefficient (Wildman–Crippen LogP) is 3.11. The van der Waals surface area contributed by atoms with Crippen molar-refractivity contribution in [1.29, 1.82) is 0 Å². The van der Waals surface area contributed by atoms with Crippen molar-refractivity contribution in [3.05, 3.63) is 57.0 Å². The second-order valence-corrected chi connectivity index (χ2v) is 6.38. The lowest BCUT2D eigenvalue weighted by Gasteiger charge is -2.12. The molecule has 3 rings (SSSR count). The second kappa shape index (κ2) is 7.63. The number of nitrogens with zero attached hydrogens (tertiary/aromatic N) is 4. The number of rotatable bonds is 6. The van der Waals surface area contributed by atoms with E-state index < -0.39 is 10.9 Å². The third kappa shape index (κ3) is 3.78. The highest BCUT2D eigenvalue weighted by molar-refractivity contribution is 5.74. The Morgan fingerprint density at radius 2 is 1.96 bits per heavy atom. The number of aromatic nitrogens is 3. The lowest BCUT2D eigenvalue weighted by atomic mass is 10.1. The van der Waals surface area contributed by atoms with Gasteiger partial charge in [0.2, 0.25) is 0 Å². The molecule has 0 saturated heterocycles. The van der Waals surface area contributed by atoms with Crippen molar-refractivity contribution in [3.63, 3.8) is 0 Å². The molecular weight excluding hydrogens is 364 g/mol. The molecule has 1 aromatic carbocycles. The zero-order valence-electron chi connectivity index (χ0n) is 16.1. The van der Waals surface area contributed by atoms with Crippen LogP contribution in [-0.2, 0) is 11.2 Å². The Kier molecular flexibility index (Phi) is 5.25. The Hall–Kier alpha value is -3.49. The summed E-state index contributed by atoms with van der Waals surface area (Å²) in [6.07, 6.45) is 0.497. The fraction of sp³-hybridized carbons (Fsp3) is 0.316. The first-order valence-electron chi connectivity index (χ1n) is 8.65. The van der Waals surface area contributed by atoms with Gasteiger partial charge in [-0.2, -0.15) is 5.10 Å². The van der Waals surface area contributed by atoms with E-state index in [0.29, 0.717) is 6.42 Å². The number of carbonyl (C=O) groups is 1. The molecule has 0 fully saturated rings. The number of hydrogen-bond acceptors (Lipinski definition) is 7. The maximum absolute atomic E-state index is 12.3. The van der Waals surface area contributed by atoms with E-state index >= 15 is 0 Å². The highest BCUT2D eigenvalue weighted by Crippen LogP contribution is 2.31. The summed E-state index contributed by atoms with van der Waals surface area (Å²) < 4.78 is 12.2. The second-order valence-electron chi connectivity index (χ2n) is 6.38. The number of nitro benzene ring substituents is 1. The van der Waals surface area contributed by atoms with Gasteiger partial charge in [-0.05, 0) is 38.8 Å². The zero-order valence-corrected chi connectivity index (χ0v) is 16.1. The number of non-ortho nitro benzene ring substituents is 1. The van der Waals surface area contributed by atoms with Gasteiger partial charge in [0.15, 0.2) is 17.1 Å². The number of nitro groups is 1. The van der Waals surface area contributed by atoms with Crippen LogP contribution in [0.1, 0.15) is 29.1 Å². The fourth-order valence-corrected chi connectivity index (χ4v) is 3.06. The minimum absolute atomic E-state index is 0.0198. The third-order valence-electron chi connectivity index (χ3n) is 4.45. The predicted molar refractivity (Wildman–Crippen MR) is 101 cm³/mol. The van der Waals surface area contributed by atoms with E-state index in [4.69, 9.17) is 9.47 Å². The van der Waals surface area contributed by atoms with Gasteiger partial charge in [-0.3, -0.25) is 14.9 Å². The Morgan fingerprint density at radius 1 is 1.21 bits per heavy atom. The topological polar surface area (TPSA) is 109 Å². The number of hydrogen-bond donors (Lipinski definition) is 0. The van der Waals surface area contributed by atoms with Crippen LogP contribution in [0.4, 0.5) is 5.69 Å². The van der Waals surface area contributed by atoms with Gasteiger partial charge in [0.1, 0.15) is 0 Å². The molecule has 2 heterocycles. The molecule has 0 unspecified atom stereocenters. The molecule has 0 amide bonds. The summed E-state index contributed by atoms with van der Waals surface area (Å²) in [4.78, 5) is 27.2. The average molecular weight is 384 g/mol. The lowest BCUT2D eigenvalue weighted by molar-refractivity contribution is -0.384. The van der Waals surface area contributed by atoms with Crippen molar-refractivity contribution in [2.24, 2.45) is 0 Å². The van der Waals surface area contributed by atoms with Crippen LogP contribution in [0.15, 0.2) is 24.3 Å². The quantitative estimate of drug-likeness (QED) is 0.278. The van der Waals surface area contributed by atoms with Gasteiger partial charge in [-0.1, -0.05) is 0 Å². The van der Waals surface area contributed by atoms with E-state index in [9.17, 15) is 14.9 Å². The third-order valence-corrected chi connectivity index (χ3v) is 4.45. The Bertz CT molecular complexity index is 1070. The van der Waals surface area contributed by atoms with Crippen LogP contribution >= 0.6 is 0 Å². The molecule has 146 valence electrons. The first kappa shape index (κ1) is 19.3. The van der Waals surface area contributed by atoms with Crippen LogP contribution < -0.4 is 9.47 Å². The normalized spacial score (nSPS) is 10.9. The maximum atomic E-state index is 12.3. The molecular formula is C19H20N4O5. The molecule has 0 radical (unpaired) electrons. The van der Waals surface area contributed by atoms with Crippen molar-refractivity contribution in [3.8, 4) is 11.5 Å². The van der Waals surface area contributed by atoms with Crippen molar-refractivity contribution < 1.29 is 19.2 Å². The minimum Gasteiger partial charge on any atom is -0.493 e. The number of ether oxygens (including phenoxy) is 2. The summed E-state index contributed by atoms with van der Waals surface area (Å²) in [5.74, 6) is -0.248. The highest BCUT2D eigenvalue weighted by Gasteiger charge is 2.17. The van der Waals surface area contributed by atoms with Crippen LogP contribution in [0.5, 0.6) is 11.5 Å². The molecule has 0 N–H and O–H groups in total. The van der Waals surface area contributed by atoms with Gasteiger partial charge in [0.05, 0.1) is 30.2 Å². The van der Waals surface area contributed by atoms with Crippen molar-refractivity contribution in [2.75, 3.05) is 7.11 Å². The number of aryl methyl sites for hydroxylation is 3. The van der Waals surface area contributed by atoms with Gasteiger partial charge < -0.3 is 9.47 Å². The van der Waals surface area contributed by atoms with Gasteiger partial charge in [-0.25, -0.2) is 9.50 Å². The number of esters is 1. The molecule has 9 heteroatoms. The highest BCUT2D eigenvalue weighted by atomic mass is 16.6. The van der Waals surface area contributed by atoms with Crippen molar-refractivity contribution >= 4 is 17.3 Å². The van der Waals surface area contributed by atoms with E-state index in [1.54, 1.807) is 4.52 Å². The van der Waals surface area contributed by atoms with Crippen molar-refractivity contribution in [2.45, 2.75) is 33.6 Å². The van der Waals surface area contributed by atoms with Crippen molar-refractivity contribution in [1.82, 2.24) is 14.6 Å². The van der Waals surface area contributed by atoms with Gasteiger partial charge in [0, 0.05) is 23.5 Å². The largest absolute Gasteiger partial charge is 0.493 e. The Labute approximate surface area is 161 Å². The smallest absolute Gasteiger partial charge is 0.311 e. The van der Waals surface area contributed by atoms with Crippen LogP contribution in [0.2, 0.25) is 0 Å². The van der Waals surface area contributed by atoms with E-state index in [-0.39, 0.29) is 23.6 Å². The molecule has 0 atom stereocenters. The number of fused-ring (bicyclic) bond motifs is 1. The molecule has 0 aliphatic rings. The molecule has 2 aromatic heterocycles. The average Bonchev–Trinajstić information content (AvgIpc) is 3.01. The van der Waals surface area contributed by atoms with Crippen LogP contribution in [0.25, 0.3) is 5.65 Å². The molecule has 0 saturated carbocycles. The molecule has 0 aliphatic heterocycles. The number of carbonyl (C=O) groups excluding carboxylic acids is 1. The Balaban J connectivity index is 1.77. The van der Waals surface area contributed by atoms with Crippen LogP contribution in [0.3, 0.4) is 0 Å². The first-order chi connectivity index (χ1) is 13.3. The SMILES string of the molecule is COc1ccc([N+](=O)[O-])cc1OC(=O)CCc1c(C)nc2cc(C)nn2c1C. The molecule has 28 heavy (non-hydrogen) atoms. The summed E-state index contributed by atoms with van der Waals surface area (Å²) in [6.45, 7) is 5.71. The Morgan fingerprint density at radius 3 is 2.64 bits per heavy atom. The summed E-state index contributed by atoms with van der Waals surface area (Å²) in [5.41, 5.74) is 4.10. The number of benzene rings is 1. The first-order valence-corrected chi connectivity index (χ1v) is 8.65. The van der Waals surface area contributed by atoms with Crippen LogP contribution in [0, 0.1) is 30.9 Å². The molecule has 3 aromatic rings. The van der Waals surface area contributed by atoms with Crippen LogP contribution in [-0.4, -0.2) is 32.6 Å².